The zero-order chi connectivity index (χ0) is 13.4. The summed E-state index contributed by atoms with van der Waals surface area (Å²) in [4.78, 5) is 22.0. The Balaban J connectivity index is 2.12. The second-order valence-electron chi connectivity index (χ2n) is 5.43. The molecule has 1 rings (SSSR count). The van der Waals surface area contributed by atoms with Crippen molar-refractivity contribution in [3.8, 4) is 0 Å². The van der Waals surface area contributed by atoms with Crippen LogP contribution in [-0.2, 0) is 9.59 Å². The molecule has 4 heteroatoms. The summed E-state index contributed by atoms with van der Waals surface area (Å²) >= 11 is 0. The summed E-state index contributed by atoms with van der Waals surface area (Å²) in [5, 5.41) is 11.3. The fourth-order valence-electron chi connectivity index (χ4n) is 2.70. The average Bonchev–Trinajstić information content (AvgIpc) is 2.35. The van der Waals surface area contributed by atoms with E-state index in [0.717, 1.165) is 0 Å². The van der Waals surface area contributed by atoms with Gasteiger partial charge in [-0.15, -0.1) is 0 Å². The van der Waals surface area contributed by atoms with E-state index < -0.39 is 5.97 Å². The number of carbonyl (C=O) groups excluding carboxylic acids is 1. The molecule has 0 radical (unpaired) electrons. The Bertz CT molecular complexity index is 272. The van der Waals surface area contributed by atoms with Crippen LogP contribution < -0.4 is 5.32 Å². The Hall–Kier alpha value is -1.06. The number of aliphatic carboxylic acids is 1. The van der Waals surface area contributed by atoms with Gasteiger partial charge in [0.1, 0.15) is 0 Å². The van der Waals surface area contributed by atoms with Crippen molar-refractivity contribution in [2.24, 2.45) is 11.8 Å². The summed E-state index contributed by atoms with van der Waals surface area (Å²) in [5.74, 6) is 0.409. The molecule has 1 fully saturated rings. The molecule has 0 aliphatic heterocycles. The highest BCUT2D eigenvalue weighted by atomic mass is 16.4. The summed E-state index contributed by atoms with van der Waals surface area (Å²) in [6.45, 7) is 2.63. The summed E-state index contributed by atoms with van der Waals surface area (Å²) < 4.78 is 0. The molecule has 0 aromatic heterocycles. The third-order valence-corrected chi connectivity index (χ3v) is 3.85. The van der Waals surface area contributed by atoms with E-state index in [2.05, 4.69) is 12.2 Å². The largest absolute Gasteiger partial charge is 0.481 e. The molecule has 104 valence electrons. The standard InChI is InChI=1S/C14H25NO3/c1-11(12-6-3-2-4-7-12)10-13(16)15-9-5-8-14(17)18/h11-12H,2-10H2,1H3,(H,15,16)(H,17,18). The SMILES string of the molecule is CC(CC(=O)NCCCC(=O)O)C1CCCCC1. The molecule has 0 heterocycles. The number of nitrogens with one attached hydrogen (secondary N) is 1. The quantitative estimate of drug-likeness (QED) is 0.687. The molecule has 1 aliphatic rings. The molecule has 0 bridgehead atoms. The molecule has 1 atom stereocenters. The Labute approximate surface area is 109 Å². The van der Waals surface area contributed by atoms with Crippen LogP contribution >= 0.6 is 0 Å². The van der Waals surface area contributed by atoms with Crippen LogP contribution in [-0.4, -0.2) is 23.5 Å². The minimum Gasteiger partial charge on any atom is -0.481 e. The number of carboxylic acids is 1. The molecule has 1 aliphatic carbocycles. The second-order valence-corrected chi connectivity index (χ2v) is 5.43. The van der Waals surface area contributed by atoms with Crippen LogP contribution in [0.5, 0.6) is 0 Å². The van der Waals surface area contributed by atoms with Gasteiger partial charge in [-0.2, -0.15) is 0 Å². The van der Waals surface area contributed by atoms with Gasteiger partial charge in [0.15, 0.2) is 0 Å². The van der Waals surface area contributed by atoms with Gasteiger partial charge in [0, 0.05) is 19.4 Å². The zero-order valence-corrected chi connectivity index (χ0v) is 11.3. The van der Waals surface area contributed by atoms with E-state index >= 15 is 0 Å². The molecule has 0 aromatic carbocycles. The van der Waals surface area contributed by atoms with Gasteiger partial charge < -0.3 is 10.4 Å². The molecular formula is C14H25NO3. The number of hydrogen-bond acceptors (Lipinski definition) is 2. The van der Waals surface area contributed by atoms with Crippen LogP contribution in [0.3, 0.4) is 0 Å². The van der Waals surface area contributed by atoms with Crippen LogP contribution in [0.15, 0.2) is 0 Å². The van der Waals surface area contributed by atoms with Gasteiger partial charge in [0.05, 0.1) is 0 Å². The molecule has 1 amide bonds. The molecule has 4 nitrogen and oxygen atoms in total. The lowest BCUT2D eigenvalue weighted by Gasteiger charge is -2.27. The first-order chi connectivity index (χ1) is 8.59. The summed E-state index contributed by atoms with van der Waals surface area (Å²) in [5.41, 5.74) is 0. The Morgan fingerprint density at radius 3 is 2.56 bits per heavy atom. The van der Waals surface area contributed by atoms with Crippen molar-refractivity contribution in [2.45, 2.75) is 58.3 Å². The molecule has 1 unspecified atom stereocenters. The number of amides is 1. The van der Waals surface area contributed by atoms with Crippen molar-refractivity contribution in [3.05, 3.63) is 0 Å². The Kier molecular flexibility index (Phi) is 6.76. The van der Waals surface area contributed by atoms with Gasteiger partial charge >= 0.3 is 5.97 Å². The summed E-state index contributed by atoms with van der Waals surface area (Å²) in [6.07, 6.45) is 7.67. The predicted molar refractivity (Wildman–Crippen MR) is 70.2 cm³/mol. The average molecular weight is 255 g/mol. The highest BCUT2D eigenvalue weighted by Crippen LogP contribution is 2.31. The van der Waals surface area contributed by atoms with E-state index in [0.29, 0.717) is 31.2 Å². The van der Waals surface area contributed by atoms with E-state index in [-0.39, 0.29) is 12.3 Å². The normalized spacial score (nSPS) is 18.3. The topological polar surface area (TPSA) is 66.4 Å². The minimum atomic E-state index is -0.806. The molecule has 2 N–H and O–H groups in total. The first-order valence-electron chi connectivity index (χ1n) is 7.08. The smallest absolute Gasteiger partial charge is 0.303 e. The van der Waals surface area contributed by atoms with Crippen molar-refractivity contribution < 1.29 is 14.7 Å². The van der Waals surface area contributed by atoms with Crippen molar-refractivity contribution in [1.29, 1.82) is 0 Å². The van der Waals surface area contributed by atoms with Crippen LogP contribution in [0, 0.1) is 11.8 Å². The number of rotatable bonds is 7. The maximum atomic E-state index is 11.7. The third kappa shape index (κ3) is 6.03. The third-order valence-electron chi connectivity index (χ3n) is 3.85. The summed E-state index contributed by atoms with van der Waals surface area (Å²) in [7, 11) is 0. The predicted octanol–water partition coefficient (Wildman–Crippen LogP) is 2.57. The van der Waals surface area contributed by atoms with Crippen molar-refractivity contribution in [3.63, 3.8) is 0 Å². The Morgan fingerprint density at radius 2 is 1.94 bits per heavy atom. The van der Waals surface area contributed by atoms with Crippen LogP contribution in [0.25, 0.3) is 0 Å². The first kappa shape index (κ1) is 15.0. The van der Waals surface area contributed by atoms with Crippen molar-refractivity contribution in [2.75, 3.05) is 6.54 Å². The van der Waals surface area contributed by atoms with E-state index in [9.17, 15) is 9.59 Å². The highest BCUT2D eigenvalue weighted by molar-refractivity contribution is 5.76. The molecule has 0 aromatic rings. The van der Waals surface area contributed by atoms with Crippen molar-refractivity contribution in [1.82, 2.24) is 5.32 Å². The van der Waals surface area contributed by atoms with Crippen LogP contribution in [0.2, 0.25) is 0 Å². The van der Waals surface area contributed by atoms with Gasteiger partial charge in [-0.05, 0) is 18.3 Å². The van der Waals surface area contributed by atoms with Gasteiger partial charge in [0.2, 0.25) is 5.91 Å². The Morgan fingerprint density at radius 1 is 1.28 bits per heavy atom. The van der Waals surface area contributed by atoms with Crippen molar-refractivity contribution >= 4 is 11.9 Å². The van der Waals surface area contributed by atoms with E-state index in [1.54, 1.807) is 0 Å². The number of hydrogen-bond donors (Lipinski definition) is 2. The van der Waals surface area contributed by atoms with Gasteiger partial charge in [0.25, 0.3) is 0 Å². The second kappa shape index (κ2) is 8.11. The van der Waals surface area contributed by atoms with E-state index in [1.165, 1.54) is 32.1 Å². The van der Waals surface area contributed by atoms with E-state index in [1.807, 2.05) is 0 Å². The minimum absolute atomic E-state index is 0.0680. The lowest BCUT2D eigenvalue weighted by molar-refractivity contribution is -0.137. The molecule has 0 spiro atoms. The zero-order valence-electron chi connectivity index (χ0n) is 11.3. The van der Waals surface area contributed by atoms with Gasteiger partial charge in [-0.25, -0.2) is 0 Å². The maximum Gasteiger partial charge on any atom is 0.303 e. The number of carboxylic acid groups (broad SMARTS) is 1. The van der Waals surface area contributed by atoms with Crippen LogP contribution in [0.1, 0.15) is 58.3 Å². The van der Waals surface area contributed by atoms with E-state index in [4.69, 9.17) is 5.11 Å². The lowest BCUT2D eigenvalue weighted by atomic mass is 9.79. The molecular weight excluding hydrogens is 230 g/mol. The van der Waals surface area contributed by atoms with Crippen LogP contribution in [0.4, 0.5) is 0 Å². The summed E-state index contributed by atoms with van der Waals surface area (Å²) in [6, 6.07) is 0. The lowest BCUT2D eigenvalue weighted by Crippen LogP contribution is -2.28. The highest BCUT2D eigenvalue weighted by Gasteiger charge is 2.21. The first-order valence-corrected chi connectivity index (χ1v) is 7.08. The molecule has 0 saturated heterocycles. The molecule has 1 saturated carbocycles. The monoisotopic (exact) mass is 255 g/mol. The van der Waals surface area contributed by atoms with Gasteiger partial charge in [-0.3, -0.25) is 9.59 Å². The fourth-order valence-corrected chi connectivity index (χ4v) is 2.70. The van der Waals surface area contributed by atoms with Gasteiger partial charge in [-0.1, -0.05) is 39.0 Å². The molecule has 18 heavy (non-hydrogen) atoms. The fraction of sp³-hybridized carbons (Fsp3) is 0.857. The number of carbonyl (C=O) groups is 2. The maximum absolute atomic E-state index is 11.7.